The Morgan fingerprint density at radius 1 is 1.00 bits per heavy atom. The number of carbonyl (C=O) groups is 3. The molecule has 0 amide bonds. The molecule has 0 spiro atoms. The van der Waals surface area contributed by atoms with Gasteiger partial charge in [0.05, 0.1) is 30.8 Å². The van der Waals surface area contributed by atoms with E-state index in [2.05, 4.69) is 4.74 Å². The predicted molar refractivity (Wildman–Crippen MR) is 123 cm³/mol. The number of hydrogen-bond acceptors (Lipinski definition) is 6. The number of fused-ring (bicyclic) bond motifs is 1. The molecule has 174 valence electrons. The Labute approximate surface area is 194 Å². The lowest BCUT2D eigenvalue weighted by Crippen LogP contribution is -2.27. The minimum absolute atomic E-state index is 0.0657. The number of ether oxygens (including phenoxy) is 3. The zero-order valence-electron chi connectivity index (χ0n) is 18.9. The molecule has 1 saturated heterocycles. The van der Waals surface area contributed by atoms with Gasteiger partial charge in [-0.25, -0.2) is 4.79 Å². The SMILES string of the molecule is COC(=O)CCCCC1CC2C(CC(OC(=O)c3ccc(-c4ccccc4)cc3)C2C=O)O1. The van der Waals surface area contributed by atoms with Crippen LogP contribution in [0.25, 0.3) is 11.1 Å². The van der Waals surface area contributed by atoms with Gasteiger partial charge in [0.1, 0.15) is 12.4 Å². The maximum atomic E-state index is 12.7. The highest BCUT2D eigenvalue weighted by Crippen LogP contribution is 2.45. The average molecular weight is 451 g/mol. The third-order valence-electron chi connectivity index (χ3n) is 6.80. The first-order valence-corrected chi connectivity index (χ1v) is 11.6. The van der Waals surface area contributed by atoms with Gasteiger partial charge < -0.3 is 19.0 Å². The normalized spacial score (nSPS) is 25.9. The van der Waals surface area contributed by atoms with Crippen LogP contribution < -0.4 is 0 Å². The first-order chi connectivity index (χ1) is 16.1. The van der Waals surface area contributed by atoms with Crippen LogP contribution in [-0.4, -0.2) is 43.6 Å². The fourth-order valence-electron chi connectivity index (χ4n) is 5.04. The Bertz CT molecular complexity index is 954. The van der Waals surface area contributed by atoms with Crippen molar-refractivity contribution in [2.75, 3.05) is 7.11 Å². The Morgan fingerprint density at radius 2 is 1.73 bits per heavy atom. The van der Waals surface area contributed by atoms with Gasteiger partial charge in [-0.15, -0.1) is 0 Å². The molecule has 2 aromatic rings. The molecule has 4 rings (SSSR count). The molecule has 5 atom stereocenters. The van der Waals surface area contributed by atoms with Gasteiger partial charge in [-0.3, -0.25) is 4.79 Å². The molecule has 0 bridgehead atoms. The van der Waals surface area contributed by atoms with E-state index in [9.17, 15) is 14.4 Å². The highest BCUT2D eigenvalue weighted by molar-refractivity contribution is 5.90. The summed E-state index contributed by atoms with van der Waals surface area (Å²) in [6, 6.07) is 17.3. The molecule has 0 N–H and O–H groups in total. The zero-order chi connectivity index (χ0) is 23.2. The molecule has 2 aromatic carbocycles. The standard InChI is InChI=1S/C27H30O6/c1-31-26(29)10-6-5-9-21-15-22-23(17-28)25(16-24(22)32-21)33-27(30)20-13-11-19(12-14-20)18-7-3-2-4-8-18/h2-4,7-8,11-14,17,21-25H,5-6,9-10,15-16H2,1H3. The minimum atomic E-state index is -0.459. The van der Waals surface area contributed by atoms with E-state index in [1.165, 1.54) is 7.11 Å². The molecular weight excluding hydrogens is 420 g/mol. The lowest BCUT2D eigenvalue weighted by Gasteiger charge is -2.20. The minimum Gasteiger partial charge on any atom is -0.469 e. The van der Waals surface area contributed by atoms with Crippen molar-refractivity contribution in [1.29, 1.82) is 0 Å². The summed E-state index contributed by atoms with van der Waals surface area (Å²) in [6.45, 7) is 0. The van der Waals surface area contributed by atoms with Crippen molar-refractivity contribution in [3.8, 4) is 11.1 Å². The number of methoxy groups -OCH3 is 1. The van der Waals surface area contributed by atoms with Crippen LogP contribution in [0.5, 0.6) is 0 Å². The van der Waals surface area contributed by atoms with Gasteiger partial charge in [-0.1, -0.05) is 48.9 Å². The lowest BCUT2D eigenvalue weighted by atomic mass is 9.90. The second-order valence-electron chi connectivity index (χ2n) is 8.85. The number of rotatable bonds is 9. The summed E-state index contributed by atoms with van der Waals surface area (Å²) in [6.07, 6.45) is 4.72. The first-order valence-electron chi connectivity index (χ1n) is 11.6. The third kappa shape index (κ3) is 5.50. The smallest absolute Gasteiger partial charge is 0.338 e. The van der Waals surface area contributed by atoms with Crippen molar-refractivity contribution in [2.45, 2.75) is 56.8 Å². The maximum Gasteiger partial charge on any atom is 0.338 e. The van der Waals surface area contributed by atoms with Crippen LogP contribution in [0.2, 0.25) is 0 Å². The summed E-state index contributed by atoms with van der Waals surface area (Å²) in [5, 5.41) is 0. The highest BCUT2D eigenvalue weighted by atomic mass is 16.6. The van der Waals surface area contributed by atoms with Crippen molar-refractivity contribution in [3.63, 3.8) is 0 Å². The lowest BCUT2D eigenvalue weighted by molar-refractivity contribution is -0.140. The predicted octanol–water partition coefficient (Wildman–Crippen LogP) is 4.60. The van der Waals surface area contributed by atoms with E-state index in [1.54, 1.807) is 12.1 Å². The van der Waals surface area contributed by atoms with E-state index in [1.807, 2.05) is 42.5 Å². The Morgan fingerprint density at radius 3 is 2.42 bits per heavy atom. The topological polar surface area (TPSA) is 78.9 Å². The van der Waals surface area contributed by atoms with E-state index >= 15 is 0 Å². The van der Waals surface area contributed by atoms with Crippen LogP contribution in [0.4, 0.5) is 0 Å². The molecule has 6 nitrogen and oxygen atoms in total. The van der Waals surface area contributed by atoms with E-state index in [0.29, 0.717) is 18.4 Å². The molecule has 6 heteroatoms. The number of esters is 2. The molecule has 1 saturated carbocycles. The molecule has 1 aliphatic carbocycles. The van der Waals surface area contributed by atoms with E-state index in [0.717, 1.165) is 43.1 Å². The van der Waals surface area contributed by atoms with Gasteiger partial charge in [0.2, 0.25) is 0 Å². The molecule has 0 aromatic heterocycles. The summed E-state index contributed by atoms with van der Waals surface area (Å²) >= 11 is 0. The average Bonchev–Trinajstić information content (AvgIpc) is 3.38. The van der Waals surface area contributed by atoms with Crippen molar-refractivity contribution in [2.24, 2.45) is 11.8 Å². The Kier molecular flexibility index (Phi) is 7.55. The fourth-order valence-corrected chi connectivity index (χ4v) is 5.04. The molecular formula is C27H30O6. The van der Waals surface area contributed by atoms with Crippen LogP contribution in [-0.2, 0) is 23.8 Å². The second kappa shape index (κ2) is 10.8. The Balaban J connectivity index is 1.29. The van der Waals surface area contributed by atoms with Crippen molar-refractivity contribution < 1.29 is 28.6 Å². The molecule has 1 heterocycles. The largest absolute Gasteiger partial charge is 0.469 e. The van der Waals surface area contributed by atoms with E-state index in [4.69, 9.17) is 9.47 Å². The fraction of sp³-hybridized carbons (Fsp3) is 0.444. The number of benzene rings is 2. The van der Waals surface area contributed by atoms with Gasteiger partial charge >= 0.3 is 11.9 Å². The van der Waals surface area contributed by atoms with Crippen LogP contribution >= 0.6 is 0 Å². The van der Waals surface area contributed by atoms with Crippen LogP contribution in [0.3, 0.4) is 0 Å². The van der Waals surface area contributed by atoms with Crippen LogP contribution in [0, 0.1) is 11.8 Å². The highest BCUT2D eigenvalue weighted by Gasteiger charge is 2.50. The summed E-state index contributed by atoms with van der Waals surface area (Å²) in [5.74, 6) is -0.876. The first kappa shape index (κ1) is 23.2. The maximum absolute atomic E-state index is 12.7. The van der Waals surface area contributed by atoms with Gasteiger partial charge in [0, 0.05) is 18.8 Å². The zero-order valence-corrected chi connectivity index (χ0v) is 18.9. The summed E-state index contributed by atoms with van der Waals surface area (Å²) in [7, 11) is 1.40. The molecule has 33 heavy (non-hydrogen) atoms. The number of aldehydes is 1. The van der Waals surface area contributed by atoms with Gasteiger partial charge in [-0.05, 0) is 42.5 Å². The van der Waals surface area contributed by atoms with Crippen LogP contribution in [0.1, 0.15) is 48.9 Å². The van der Waals surface area contributed by atoms with Crippen molar-refractivity contribution in [1.82, 2.24) is 0 Å². The number of hydrogen-bond donors (Lipinski definition) is 0. The molecule has 2 aliphatic rings. The van der Waals surface area contributed by atoms with E-state index < -0.39 is 12.1 Å². The molecule has 5 unspecified atom stereocenters. The van der Waals surface area contributed by atoms with Crippen molar-refractivity contribution >= 4 is 18.2 Å². The van der Waals surface area contributed by atoms with Gasteiger partial charge in [0.25, 0.3) is 0 Å². The van der Waals surface area contributed by atoms with Crippen LogP contribution in [0.15, 0.2) is 54.6 Å². The number of carbonyl (C=O) groups excluding carboxylic acids is 3. The monoisotopic (exact) mass is 450 g/mol. The van der Waals surface area contributed by atoms with Crippen molar-refractivity contribution in [3.05, 3.63) is 60.2 Å². The quantitative estimate of drug-likeness (QED) is 0.316. The van der Waals surface area contributed by atoms with Gasteiger partial charge in [-0.2, -0.15) is 0 Å². The third-order valence-corrected chi connectivity index (χ3v) is 6.80. The molecule has 0 radical (unpaired) electrons. The Hall–Kier alpha value is -2.99. The molecule has 2 fully saturated rings. The van der Waals surface area contributed by atoms with E-state index in [-0.39, 0.29) is 30.0 Å². The summed E-state index contributed by atoms with van der Waals surface area (Å²) < 4.78 is 16.6. The summed E-state index contributed by atoms with van der Waals surface area (Å²) in [4.78, 5) is 35.8. The number of unbranched alkanes of at least 4 members (excludes halogenated alkanes) is 1. The summed E-state index contributed by atoms with van der Waals surface area (Å²) in [5.41, 5.74) is 2.58. The molecule has 1 aliphatic heterocycles. The second-order valence-corrected chi connectivity index (χ2v) is 8.85. The van der Waals surface area contributed by atoms with Gasteiger partial charge in [0.15, 0.2) is 0 Å².